The summed E-state index contributed by atoms with van der Waals surface area (Å²) in [5.41, 5.74) is -5.98. The molecule has 0 saturated heterocycles. The summed E-state index contributed by atoms with van der Waals surface area (Å²) >= 11 is 0. The van der Waals surface area contributed by atoms with Gasteiger partial charge in [0.15, 0.2) is 17.1 Å². The van der Waals surface area contributed by atoms with E-state index in [1.54, 1.807) is 5.10 Å². The van der Waals surface area contributed by atoms with Gasteiger partial charge in [-0.15, -0.1) is 0 Å². The van der Waals surface area contributed by atoms with Crippen molar-refractivity contribution >= 4 is 10.8 Å². The first-order chi connectivity index (χ1) is 19.1. The molecule has 2 atom stereocenters. The quantitative estimate of drug-likeness (QED) is 0.301. The summed E-state index contributed by atoms with van der Waals surface area (Å²) in [5.74, 6) is -3.74. The van der Waals surface area contributed by atoms with Gasteiger partial charge in [-0.3, -0.25) is 9.59 Å². The van der Waals surface area contributed by atoms with Gasteiger partial charge in [-0.1, -0.05) is 0 Å². The van der Waals surface area contributed by atoms with E-state index in [1.165, 1.54) is 6.92 Å². The molecule has 3 aromatic heterocycles. The van der Waals surface area contributed by atoms with E-state index in [-0.39, 0.29) is 0 Å². The van der Waals surface area contributed by atoms with Crippen LogP contribution in [0.1, 0.15) is 24.5 Å². The Morgan fingerprint density at radius 2 is 1.61 bits per heavy atom. The number of hydrogen-bond donors (Lipinski definition) is 1. The third-order valence-electron chi connectivity index (χ3n) is 5.76. The predicted molar refractivity (Wildman–Crippen MR) is 124 cm³/mol. The maximum absolute atomic E-state index is 14.9. The molecule has 0 fully saturated rings. The van der Waals surface area contributed by atoms with Crippen molar-refractivity contribution in [3.63, 3.8) is 0 Å². The number of hydrogen-bond acceptors (Lipinski definition) is 6. The molecule has 17 heteroatoms. The zero-order valence-electron chi connectivity index (χ0n) is 20.4. The highest BCUT2D eigenvalue weighted by Gasteiger charge is 2.39. The van der Waals surface area contributed by atoms with Crippen LogP contribution in [-0.4, -0.2) is 37.0 Å². The smallest absolute Gasteiger partial charge is 0.425 e. The summed E-state index contributed by atoms with van der Waals surface area (Å²) in [5, 5.41) is 3.87. The van der Waals surface area contributed by atoms with Crippen LogP contribution in [0, 0.1) is 11.6 Å². The lowest BCUT2D eigenvalue weighted by molar-refractivity contribution is -0.140. The fourth-order valence-electron chi connectivity index (χ4n) is 3.94. The van der Waals surface area contributed by atoms with E-state index in [0.29, 0.717) is 35.4 Å². The minimum Gasteiger partial charge on any atom is -0.488 e. The van der Waals surface area contributed by atoms with E-state index >= 15 is 0 Å². The van der Waals surface area contributed by atoms with Crippen molar-refractivity contribution in [1.82, 2.24) is 24.7 Å². The van der Waals surface area contributed by atoms with Gasteiger partial charge in [0.05, 0.1) is 35.4 Å². The van der Waals surface area contributed by atoms with Crippen LogP contribution in [-0.2, 0) is 18.9 Å². The van der Waals surface area contributed by atoms with Gasteiger partial charge < -0.3 is 9.30 Å². The standard InChI is InChI=1S/C24H16F9N5O3/c1-10(41-18-7-36-37-21(39)19(18)24(31,32)33)2-12(25)8-38-9-17(27)13-3-15(16(26)4-14(13)22(38)40)20-34-5-11(6-35-20)23(28,29)30/h3-7,9-10,12H,2,8H2,1H3,(H,37,39). The number of benzene rings is 1. The topological polar surface area (TPSA) is 103 Å². The summed E-state index contributed by atoms with van der Waals surface area (Å²) in [6, 6.07) is 1.43. The number of aromatic nitrogens is 5. The van der Waals surface area contributed by atoms with Crippen LogP contribution in [0.4, 0.5) is 39.5 Å². The maximum Gasteiger partial charge on any atom is 0.425 e. The van der Waals surface area contributed by atoms with Crippen molar-refractivity contribution in [2.45, 2.75) is 44.5 Å². The number of fused-ring (bicyclic) bond motifs is 1. The number of aromatic amines is 1. The molecule has 0 aliphatic heterocycles. The van der Waals surface area contributed by atoms with Crippen LogP contribution < -0.4 is 15.9 Å². The molecular weight excluding hydrogens is 577 g/mol. The largest absolute Gasteiger partial charge is 0.488 e. The maximum atomic E-state index is 14.9. The normalized spacial score (nSPS) is 13.8. The summed E-state index contributed by atoms with van der Waals surface area (Å²) in [7, 11) is 0. The zero-order valence-corrected chi connectivity index (χ0v) is 20.4. The van der Waals surface area contributed by atoms with Gasteiger partial charge in [0.25, 0.3) is 11.1 Å². The third kappa shape index (κ3) is 6.33. The molecule has 8 nitrogen and oxygen atoms in total. The van der Waals surface area contributed by atoms with Crippen LogP contribution in [0.25, 0.3) is 22.2 Å². The van der Waals surface area contributed by atoms with E-state index in [1.807, 2.05) is 0 Å². The molecule has 0 spiro atoms. The summed E-state index contributed by atoms with van der Waals surface area (Å²) in [4.78, 5) is 31.3. The minimum absolute atomic E-state index is 0.405. The molecule has 0 amide bonds. The fourth-order valence-corrected chi connectivity index (χ4v) is 3.94. The Balaban J connectivity index is 1.56. The van der Waals surface area contributed by atoms with Crippen LogP contribution >= 0.6 is 0 Å². The summed E-state index contributed by atoms with van der Waals surface area (Å²) in [6.07, 6.45) is -11.7. The van der Waals surface area contributed by atoms with Crippen molar-refractivity contribution in [2.24, 2.45) is 0 Å². The molecule has 1 aromatic carbocycles. The zero-order chi connectivity index (χ0) is 30.3. The Labute approximate surface area is 222 Å². The lowest BCUT2D eigenvalue weighted by Gasteiger charge is -2.19. The molecule has 218 valence electrons. The minimum atomic E-state index is -5.09. The predicted octanol–water partition coefficient (Wildman–Crippen LogP) is 5.05. The second kappa shape index (κ2) is 10.9. The molecule has 0 saturated carbocycles. The average molecular weight is 593 g/mol. The highest BCUT2D eigenvalue weighted by molar-refractivity contribution is 5.86. The Kier molecular flexibility index (Phi) is 7.82. The number of rotatable bonds is 7. The first-order valence-corrected chi connectivity index (χ1v) is 11.4. The molecule has 0 aliphatic carbocycles. The van der Waals surface area contributed by atoms with E-state index < -0.39 is 99.4 Å². The number of nitrogens with one attached hydrogen (secondary N) is 1. The lowest BCUT2D eigenvalue weighted by atomic mass is 10.1. The second-order valence-electron chi connectivity index (χ2n) is 8.80. The first-order valence-electron chi connectivity index (χ1n) is 11.4. The van der Waals surface area contributed by atoms with E-state index in [0.717, 1.165) is 6.07 Å². The SMILES string of the molecule is CC(CC(F)Cn1cc(F)c2cc(-c3ncc(C(F)(F)F)cn3)c(F)cc2c1=O)Oc1cn[nH]c(=O)c1C(F)(F)F. The summed E-state index contributed by atoms with van der Waals surface area (Å²) < 4.78 is 128. The Morgan fingerprint density at radius 3 is 2.22 bits per heavy atom. The van der Waals surface area contributed by atoms with Crippen molar-refractivity contribution in [2.75, 3.05) is 0 Å². The first kappa shape index (κ1) is 29.5. The molecule has 4 aromatic rings. The molecule has 0 radical (unpaired) electrons. The monoisotopic (exact) mass is 593 g/mol. The molecule has 0 aliphatic rings. The number of ether oxygens (including phenoxy) is 1. The van der Waals surface area contributed by atoms with Gasteiger partial charge in [0, 0.05) is 30.4 Å². The van der Waals surface area contributed by atoms with Crippen molar-refractivity contribution in [3.05, 3.63) is 80.4 Å². The molecule has 2 unspecified atom stereocenters. The molecule has 3 heterocycles. The molecule has 4 rings (SSSR count). The van der Waals surface area contributed by atoms with Crippen molar-refractivity contribution in [1.29, 1.82) is 0 Å². The Bertz CT molecular complexity index is 1700. The van der Waals surface area contributed by atoms with E-state index in [2.05, 4.69) is 15.1 Å². The van der Waals surface area contributed by atoms with Crippen LogP contribution in [0.2, 0.25) is 0 Å². The van der Waals surface area contributed by atoms with E-state index in [4.69, 9.17) is 4.74 Å². The Morgan fingerprint density at radius 1 is 0.951 bits per heavy atom. The molecule has 0 bridgehead atoms. The van der Waals surface area contributed by atoms with Crippen LogP contribution in [0.15, 0.2) is 46.5 Å². The highest BCUT2D eigenvalue weighted by Crippen LogP contribution is 2.34. The number of halogens is 9. The van der Waals surface area contributed by atoms with Gasteiger partial charge in [0.2, 0.25) is 0 Å². The second-order valence-corrected chi connectivity index (χ2v) is 8.80. The van der Waals surface area contributed by atoms with Crippen LogP contribution in [0.3, 0.4) is 0 Å². The number of alkyl halides is 7. The van der Waals surface area contributed by atoms with Crippen LogP contribution in [0.5, 0.6) is 5.75 Å². The van der Waals surface area contributed by atoms with Gasteiger partial charge in [-0.25, -0.2) is 28.2 Å². The fraction of sp³-hybridized carbons (Fsp3) is 0.292. The van der Waals surface area contributed by atoms with E-state index in [9.17, 15) is 49.1 Å². The number of pyridine rings is 1. The number of nitrogens with zero attached hydrogens (tertiary/aromatic N) is 4. The van der Waals surface area contributed by atoms with Gasteiger partial charge >= 0.3 is 12.4 Å². The number of H-pyrrole nitrogens is 1. The van der Waals surface area contributed by atoms with Gasteiger partial charge in [-0.2, -0.15) is 31.4 Å². The highest BCUT2D eigenvalue weighted by atomic mass is 19.4. The Hall–Kier alpha value is -4.44. The summed E-state index contributed by atoms with van der Waals surface area (Å²) in [6.45, 7) is 0.391. The molecule has 1 N–H and O–H groups in total. The lowest BCUT2D eigenvalue weighted by Crippen LogP contribution is -2.29. The molecule has 41 heavy (non-hydrogen) atoms. The van der Waals surface area contributed by atoms with Gasteiger partial charge in [-0.05, 0) is 19.1 Å². The van der Waals surface area contributed by atoms with Crippen molar-refractivity contribution < 1.29 is 44.3 Å². The third-order valence-corrected chi connectivity index (χ3v) is 5.76. The average Bonchev–Trinajstić information content (AvgIpc) is 2.85. The van der Waals surface area contributed by atoms with Gasteiger partial charge in [0.1, 0.15) is 17.8 Å². The van der Waals surface area contributed by atoms with Crippen molar-refractivity contribution in [3.8, 4) is 17.1 Å². The molecular formula is C24H16F9N5O3.